The van der Waals surface area contributed by atoms with E-state index in [1.54, 1.807) is 12.1 Å². The third kappa shape index (κ3) is 3.20. The van der Waals surface area contributed by atoms with Crippen LogP contribution >= 0.6 is 0 Å². The number of nitro benzene ring substituents is 1. The first kappa shape index (κ1) is 12.8. The summed E-state index contributed by atoms with van der Waals surface area (Å²) >= 11 is 0. The predicted octanol–water partition coefficient (Wildman–Crippen LogP) is 2.46. The normalized spacial score (nSPS) is 20.2. The molecule has 1 heterocycles. The van der Waals surface area contributed by atoms with E-state index in [1.807, 2.05) is 13.0 Å². The molecule has 5 nitrogen and oxygen atoms in total. The van der Waals surface area contributed by atoms with Gasteiger partial charge in [0.1, 0.15) is 5.69 Å². The Morgan fingerprint density at radius 2 is 2.22 bits per heavy atom. The Morgan fingerprint density at radius 1 is 1.39 bits per heavy atom. The lowest BCUT2D eigenvalue weighted by Crippen LogP contribution is -2.22. The van der Waals surface area contributed by atoms with Gasteiger partial charge in [0.25, 0.3) is 5.69 Å². The summed E-state index contributed by atoms with van der Waals surface area (Å²) < 4.78 is 0. The minimum Gasteiger partial charge on any atom is -0.377 e. The second-order valence-corrected chi connectivity index (χ2v) is 4.80. The average molecular weight is 249 g/mol. The molecule has 0 spiro atoms. The van der Waals surface area contributed by atoms with Crippen LogP contribution in [-0.4, -0.2) is 24.1 Å². The highest BCUT2D eigenvalue weighted by Gasteiger charge is 2.18. The van der Waals surface area contributed by atoms with E-state index in [4.69, 9.17) is 0 Å². The van der Waals surface area contributed by atoms with E-state index in [0.717, 1.165) is 37.9 Å². The summed E-state index contributed by atoms with van der Waals surface area (Å²) in [6, 6.07) is 5.53. The molecule has 2 N–H and O–H groups in total. The highest BCUT2D eigenvalue weighted by molar-refractivity contribution is 5.63. The van der Waals surface area contributed by atoms with Crippen molar-refractivity contribution in [1.82, 2.24) is 5.32 Å². The summed E-state index contributed by atoms with van der Waals surface area (Å²) in [6.07, 6.45) is 3.17. The van der Waals surface area contributed by atoms with Crippen LogP contribution in [0.1, 0.15) is 24.8 Å². The summed E-state index contributed by atoms with van der Waals surface area (Å²) in [5.74, 6) is 0. The van der Waals surface area contributed by atoms with Gasteiger partial charge in [-0.1, -0.05) is 6.07 Å². The van der Waals surface area contributed by atoms with E-state index in [9.17, 15) is 10.1 Å². The van der Waals surface area contributed by atoms with Crippen LogP contribution in [0.25, 0.3) is 0 Å². The van der Waals surface area contributed by atoms with Gasteiger partial charge in [0, 0.05) is 12.1 Å². The molecule has 1 atom stereocenters. The van der Waals surface area contributed by atoms with Crippen LogP contribution in [0.15, 0.2) is 18.2 Å². The van der Waals surface area contributed by atoms with Crippen molar-refractivity contribution < 1.29 is 4.92 Å². The van der Waals surface area contributed by atoms with Gasteiger partial charge < -0.3 is 10.6 Å². The molecule has 1 saturated heterocycles. The summed E-state index contributed by atoms with van der Waals surface area (Å²) in [7, 11) is 0. The molecule has 1 unspecified atom stereocenters. The third-order valence-electron chi connectivity index (χ3n) is 3.28. The molecule has 18 heavy (non-hydrogen) atoms. The van der Waals surface area contributed by atoms with E-state index < -0.39 is 0 Å². The van der Waals surface area contributed by atoms with Crippen LogP contribution in [0.2, 0.25) is 0 Å². The van der Waals surface area contributed by atoms with Crippen LogP contribution in [0.3, 0.4) is 0 Å². The van der Waals surface area contributed by atoms with Gasteiger partial charge in [-0.15, -0.1) is 0 Å². The van der Waals surface area contributed by atoms with E-state index in [-0.39, 0.29) is 10.6 Å². The molecule has 98 valence electrons. The molecule has 5 heteroatoms. The maximum Gasteiger partial charge on any atom is 0.292 e. The fraction of sp³-hybridized carbons (Fsp3) is 0.538. The quantitative estimate of drug-likeness (QED) is 0.638. The molecule has 0 aliphatic carbocycles. The van der Waals surface area contributed by atoms with Crippen LogP contribution < -0.4 is 10.6 Å². The van der Waals surface area contributed by atoms with Crippen LogP contribution in [0, 0.1) is 17.0 Å². The lowest BCUT2D eigenvalue weighted by molar-refractivity contribution is -0.384. The number of rotatable bonds is 3. The molecule has 2 rings (SSSR count). The zero-order valence-corrected chi connectivity index (χ0v) is 10.6. The number of nitro groups is 1. The van der Waals surface area contributed by atoms with Crippen LogP contribution in [-0.2, 0) is 0 Å². The number of nitrogens with one attached hydrogen (secondary N) is 2. The third-order valence-corrected chi connectivity index (χ3v) is 3.28. The SMILES string of the molecule is Cc1ccc([N+](=O)[O-])c(NC2CCCNCC2)c1. The van der Waals surface area contributed by atoms with Crippen molar-refractivity contribution in [2.24, 2.45) is 0 Å². The fourth-order valence-corrected chi connectivity index (χ4v) is 2.31. The van der Waals surface area contributed by atoms with Crippen molar-refractivity contribution in [3.05, 3.63) is 33.9 Å². The number of hydrogen-bond donors (Lipinski definition) is 2. The number of nitrogens with zero attached hydrogens (tertiary/aromatic N) is 1. The summed E-state index contributed by atoms with van der Waals surface area (Å²) in [5.41, 5.74) is 1.85. The fourth-order valence-electron chi connectivity index (χ4n) is 2.31. The molecule has 0 radical (unpaired) electrons. The Labute approximate surface area is 107 Å². The van der Waals surface area contributed by atoms with Gasteiger partial charge in [0.05, 0.1) is 4.92 Å². The van der Waals surface area contributed by atoms with Crippen molar-refractivity contribution >= 4 is 11.4 Å². The molecule has 0 amide bonds. The van der Waals surface area contributed by atoms with E-state index >= 15 is 0 Å². The molecule has 1 aliphatic heterocycles. The van der Waals surface area contributed by atoms with E-state index in [0.29, 0.717) is 11.7 Å². The molecule has 1 aromatic carbocycles. The van der Waals surface area contributed by atoms with E-state index in [1.165, 1.54) is 0 Å². The van der Waals surface area contributed by atoms with E-state index in [2.05, 4.69) is 10.6 Å². The van der Waals surface area contributed by atoms with Gasteiger partial charge in [-0.25, -0.2) is 0 Å². The van der Waals surface area contributed by atoms with Gasteiger partial charge in [0.2, 0.25) is 0 Å². The Hall–Kier alpha value is -1.62. The Balaban J connectivity index is 2.15. The summed E-state index contributed by atoms with van der Waals surface area (Å²) in [5, 5.41) is 17.7. The van der Waals surface area contributed by atoms with Gasteiger partial charge in [-0.3, -0.25) is 10.1 Å². The summed E-state index contributed by atoms with van der Waals surface area (Å²) in [6.45, 7) is 3.95. The first-order valence-corrected chi connectivity index (χ1v) is 6.39. The first-order chi connectivity index (χ1) is 8.66. The molecular formula is C13H19N3O2. The Morgan fingerprint density at radius 3 is 3.00 bits per heavy atom. The number of hydrogen-bond acceptors (Lipinski definition) is 4. The average Bonchev–Trinajstić information content (AvgIpc) is 2.57. The standard InChI is InChI=1S/C13H19N3O2/c1-10-4-5-13(16(17)18)12(9-10)15-11-3-2-7-14-8-6-11/h4-5,9,11,14-15H,2-3,6-8H2,1H3. The maximum absolute atomic E-state index is 11.0. The minimum atomic E-state index is -0.323. The number of benzene rings is 1. The topological polar surface area (TPSA) is 67.2 Å². The molecule has 1 aromatic rings. The maximum atomic E-state index is 11.0. The van der Waals surface area contributed by atoms with Crippen molar-refractivity contribution in [2.45, 2.75) is 32.2 Å². The highest BCUT2D eigenvalue weighted by atomic mass is 16.6. The Kier molecular flexibility index (Phi) is 4.15. The molecule has 0 aromatic heterocycles. The molecule has 1 fully saturated rings. The van der Waals surface area contributed by atoms with Crippen molar-refractivity contribution in [2.75, 3.05) is 18.4 Å². The zero-order chi connectivity index (χ0) is 13.0. The number of anilines is 1. The summed E-state index contributed by atoms with van der Waals surface area (Å²) in [4.78, 5) is 10.7. The van der Waals surface area contributed by atoms with Crippen molar-refractivity contribution in [3.63, 3.8) is 0 Å². The Bertz CT molecular complexity index is 426. The van der Waals surface area contributed by atoms with Gasteiger partial charge in [-0.2, -0.15) is 0 Å². The second-order valence-electron chi connectivity index (χ2n) is 4.80. The monoisotopic (exact) mass is 249 g/mol. The van der Waals surface area contributed by atoms with Crippen LogP contribution in [0.5, 0.6) is 0 Å². The minimum absolute atomic E-state index is 0.165. The van der Waals surface area contributed by atoms with Crippen molar-refractivity contribution in [3.8, 4) is 0 Å². The second kappa shape index (κ2) is 5.82. The highest BCUT2D eigenvalue weighted by Crippen LogP contribution is 2.27. The zero-order valence-electron chi connectivity index (χ0n) is 10.6. The lowest BCUT2D eigenvalue weighted by Gasteiger charge is -2.17. The predicted molar refractivity (Wildman–Crippen MR) is 72.0 cm³/mol. The van der Waals surface area contributed by atoms with Gasteiger partial charge in [-0.05, 0) is 50.9 Å². The lowest BCUT2D eigenvalue weighted by atomic mass is 10.1. The first-order valence-electron chi connectivity index (χ1n) is 6.39. The molecular weight excluding hydrogens is 230 g/mol. The molecule has 0 saturated carbocycles. The number of aryl methyl sites for hydroxylation is 1. The van der Waals surface area contributed by atoms with Crippen molar-refractivity contribution in [1.29, 1.82) is 0 Å². The van der Waals surface area contributed by atoms with Gasteiger partial charge in [0.15, 0.2) is 0 Å². The molecule has 0 bridgehead atoms. The van der Waals surface area contributed by atoms with Gasteiger partial charge >= 0.3 is 0 Å². The molecule has 1 aliphatic rings. The smallest absolute Gasteiger partial charge is 0.292 e. The largest absolute Gasteiger partial charge is 0.377 e. The van der Waals surface area contributed by atoms with Crippen LogP contribution in [0.4, 0.5) is 11.4 Å².